The van der Waals surface area contributed by atoms with Gasteiger partial charge in [-0.25, -0.2) is 4.79 Å². The van der Waals surface area contributed by atoms with E-state index in [4.69, 9.17) is 18.9 Å². The summed E-state index contributed by atoms with van der Waals surface area (Å²) in [6.07, 6.45) is -0.481. The van der Waals surface area contributed by atoms with Crippen LogP contribution in [0.1, 0.15) is 20.8 Å². The highest BCUT2D eigenvalue weighted by Gasteiger charge is 2.22. The number of hydrogen-bond donors (Lipinski definition) is 0. The van der Waals surface area contributed by atoms with Crippen molar-refractivity contribution in [3.8, 4) is 17.2 Å². The highest BCUT2D eigenvalue weighted by Crippen LogP contribution is 2.42. The molecule has 0 aliphatic heterocycles. The molecular weight excluding hydrogens is 514 g/mol. The van der Waals surface area contributed by atoms with Crippen LogP contribution in [0.4, 0.5) is 0 Å². The van der Waals surface area contributed by atoms with Crippen molar-refractivity contribution < 1.29 is 23.7 Å². The van der Waals surface area contributed by atoms with Crippen LogP contribution >= 0.6 is 45.2 Å². The lowest BCUT2D eigenvalue weighted by Crippen LogP contribution is -2.18. The van der Waals surface area contributed by atoms with Gasteiger partial charge in [0.25, 0.3) is 0 Å². The van der Waals surface area contributed by atoms with E-state index in [9.17, 15) is 4.79 Å². The van der Waals surface area contributed by atoms with Gasteiger partial charge < -0.3 is 18.9 Å². The number of esters is 1. The van der Waals surface area contributed by atoms with Gasteiger partial charge in [0, 0.05) is 18.2 Å². The van der Waals surface area contributed by atoms with Crippen molar-refractivity contribution >= 4 is 51.2 Å². The molecule has 1 rings (SSSR count). The largest absolute Gasteiger partial charge is 0.494 e. The molecule has 0 amide bonds. The smallest absolute Gasteiger partial charge is 0.338 e. The molecule has 0 aromatic heterocycles. The first-order chi connectivity index (χ1) is 10.3. The number of benzene rings is 1. The first kappa shape index (κ1) is 19.5. The predicted molar refractivity (Wildman–Crippen MR) is 101 cm³/mol. The average Bonchev–Trinajstić information content (AvgIpc) is 2.43. The Kier molecular flexibility index (Phi) is 7.90. The molecule has 122 valence electrons. The number of halogens is 2. The fourth-order valence-corrected chi connectivity index (χ4v) is 3.75. The van der Waals surface area contributed by atoms with Gasteiger partial charge >= 0.3 is 5.97 Å². The van der Waals surface area contributed by atoms with Gasteiger partial charge in [-0.05, 0) is 66.0 Å². The molecule has 0 aliphatic carbocycles. The summed E-state index contributed by atoms with van der Waals surface area (Å²) < 4.78 is 23.4. The van der Waals surface area contributed by atoms with E-state index in [-0.39, 0.29) is 0 Å². The van der Waals surface area contributed by atoms with Gasteiger partial charge in [-0.1, -0.05) is 6.58 Å². The molecule has 0 saturated carbocycles. The molecule has 0 aliphatic rings. The van der Waals surface area contributed by atoms with E-state index in [1.54, 1.807) is 27.0 Å². The lowest BCUT2D eigenvalue weighted by atomic mass is 10.3. The van der Waals surface area contributed by atoms with Gasteiger partial charge in [0.1, 0.15) is 9.32 Å². The molecular formula is C15H18I2O5. The third-order valence-corrected chi connectivity index (χ3v) is 4.32. The summed E-state index contributed by atoms with van der Waals surface area (Å²) in [5.41, 5.74) is 0.310. The minimum absolute atomic E-state index is 0.310. The fraction of sp³-hybridized carbons (Fsp3) is 0.400. The summed E-state index contributed by atoms with van der Waals surface area (Å²) in [6, 6.07) is 1.69. The quantitative estimate of drug-likeness (QED) is 0.174. The van der Waals surface area contributed by atoms with Crippen LogP contribution in [0.3, 0.4) is 0 Å². The van der Waals surface area contributed by atoms with Gasteiger partial charge in [-0.3, -0.25) is 0 Å². The number of methoxy groups -OCH3 is 1. The first-order valence-electron chi connectivity index (χ1n) is 6.53. The predicted octanol–water partition coefficient (Wildman–Crippen LogP) is 4.15. The van der Waals surface area contributed by atoms with Gasteiger partial charge in [0.05, 0.1) is 10.7 Å². The van der Waals surface area contributed by atoms with Gasteiger partial charge in [0.2, 0.25) is 0 Å². The second-order valence-corrected chi connectivity index (χ2v) is 6.58. The van der Waals surface area contributed by atoms with E-state index < -0.39 is 12.3 Å². The molecule has 0 radical (unpaired) electrons. The Morgan fingerprint density at radius 2 is 2.00 bits per heavy atom. The summed E-state index contributed by atoms with van der Waals surface area (Å²) in [5, 5.41) is 0. The highest BCUT2D eigenvalue weighted by molar-refractivity contribution is 14.1. The average molecular weight is 532 g/mol. The lowest BCUT2D eigenvalue weighted by Gasteiger charge is -2.20. The third-order valence-electron chi connectivity index (χ3n) is 2.54. The molecule has 7 heteroatoms. The molecule has 0 saturated heterocycles. The Morgan fingerprint density at radius 1 is 1.36 bits per heavy atom. The van der Waals surface area contributed by atoms with Gasteiger partial charge in [-0.15, -0.1) is 0 Å². The zero-order chi connectivity index (χ0) is 16.9. The Morgan fingerprint density at radius 3 is 2.50 bits per heavy atom. The summed E-state index contributed by atoms with van der Waals surface area (Å²) in [4.78, 5) is 11.8. The molecule has 0 spiro atoms. The zero-order valence-corrected chi connectivity index (χ0v) is 17.2. The first-order valence-corrected chi connectivity index (χ1v) is 8.69. The monoisotopic (exact) mass is 532 g/mol. The molecule has 0 heterocycles. The van der Waals surface area contributed by atoms with Crippen molar-refractivity contribution in [1.82, 2.24) is 0 Å². The van der Waals surface area contributed by atoms with Crippen molar-refractivity contribution in [3.63, 3.8) is 0 Å². The van der Waals surface area contributed by atoms with E-state index in [1.807, 2.05) is 6.92 Å². The third kappa shape index (κ3) is 4.98. The maximum absolute atomic E-state index is 11.8. The number of hydrogen-bond acceptors (Lipinski definition) is 5. The highest BCUT2D eigenvalue weighted by atomic mass is 127. The SMILES string of the molecule is C=C(C)C(=O)Oc1cc(I)c(OC)c(I)c1OC(C)OCC. The molecule has 1 aromatic carbocycles. The van der Waals surface area contributed by atoms with Crippen molar-refractivity contribution in [3.05, 3.63) is 25.4 Å². The van der Waals surface area contributed by atoms with E-state index in [0.29, 0.717) is 33.0 Å². The zero-order valence-electron chi connectivity index (χ0n) is 12.9. The van der Waals surface area contributed by atoms with Crippen molar-refractivity contribution in [2.75, 3.05) is 13.7 Å². The fourth-order valence-electron chi connectivity index (χ4n) is 1.56. The molecule has 0 fully saturated rings. The van der Waals surface area contributed by atoms with Crippen LogP contribution in [-0.4, -0.2) is 26.0 Å². The van der Waals surface area contributed by atoms with Crippen LogP contribution in [-0.2, 0) is 9.53 Å². The Hall–Kier alpha value is -0.550. The van der Waals surface area contributed by atoms with Crippen LogP contribution in [0, 0.1) is 7.14 Å². The minimum atomic E-state index is -0.509. The van der Waals surface area contributed by atoms with Crippen molar-refractivity contribution in [1.29, 1.82) is 0 Å². The minimum Gasteiger partial charge on any atom is -0.494 e. The van der Waals surface area contributed by atoms with Crippen LogP contribution in [0.2, 0.25) is 0 Å². The van der Waals surface area contributed by atoms with E-state index >= 15 is 0 Å². The molecule has 5 nitrogen and oxygen atoms in total. The van der Waals surface area contributed by atoms with Crippen molar-refractivity contribution in [2.24, 2.45) is 0 Å². The van der Waals surface area contributed by atoms with E-state index in [0.717, 1.165) is 3.57 Å². The number of carbonyl (C=O) groups excluding carboxylic acids is 1. The maximum atomic E-state index is 11.8. The molecule has 1 unspecified atom stereocenters. The second-order valence-electron chi connectivity index (χ2n) is 4.34. The number of ether oxygens (including phenoxy) is 4. The van der Waals surface area contributed by atoms with Crippen LogP contribution in [0.25, 0.3) is 0 Å². The van der Waals surface area contributed by atoms with E-state index in [2.05, 4.69) is 51.8 Å². The topological polar surface area (TPSA) is 54.0 Å². The van der Waals surface area contributed by atoms with E-state index in [1.165, 1.54) is 0 Å². The van der Waals surface area contributed by atoms with Gasteiger partial charge in [0.15, 0.2) is 17.8 Å². The number of rotatable bonds is 7. The van der Waals surface area contributed by atoms with Crippen LogP contribution in [0.15, 0.2) is 18.2 Å². The Labute approximate surface area is 157 Å². The van der Waals surface area contributed by atoms with Crippen molar-refractivity contribution in [2.45, 2.75) is 27.1 Å². The summed E-state index contributed by atoms with van der Waals surface area (Å²) in [5.74, 6) is 0.878. The normalized spacial score (nSPS) is 11.7. The maximum Gasteiger partial charge on any atom is 0.338 e. The Bertz CT molecular complexity index is 572. The summed E-state index contributed by atoms with van der Waals surface area (Å²) >= 11 is 4.21. The molecule has 22 heavy (non-hydrogen) atoms. The second kappa shape index (κ2) is 8.92. The molecule has 1 atom stereocenters. The van der Waals surface area contributed by atoms with Crippen LogP contribution in [0.5, 0.6) is 17.2 Å². The van der Waals surface area contributed by atoms with Gasteiger partial charge in [-0.2, -0.15) is 0 Å². The van der Waals surface area contributed by atoms with Crippen LogP contribution < -0.4 is 14.2 Å². The number of carbonyl (C=O) groups is 1. The Balaban J connectivity index is 3.27. The summed E-state index contributed by atoms with van der Waals surface area (Å²) in [6.45, 7) is 9.33. The standard InChI is InChI=1S/C15H18I2O5/c1-6-20-9(4)21-14-11(22-15(18)8(2)3)7-10(16)13(19-5)12(14)17/h7,9H,2,6H2,1,3-5H3. The molecule has 1 aromatic rings. The summed E-state index contributed by atoms with van der Waals surface area (Å²) in [7, 11) is 1.58. The molecule has 0 N–H and O–H groups in total. The lowest BCUT2D eigenvalue weighted by molar-refractivity contribution is -0.130. The molecule has 0 bridgehead atoms.